The molecule has 0 aromatic carbocycles. The molecule has 0 aliphatic rings. The number of aromatic nitrogens is 3. The topological polar surface area (TPSA) is 80.3 Å². The van der Waals surface area contributed by atoms with Crippen molar-refractivity contribution >= 4 is 29.9 Å². The Bertz CT molecular complexity index is 705. The van der Waals surface area contributed by atoms with E-state index >= 15 is 0 Å². The Morgan fingerprint density at radius 1 is 1.21 bits per heavy atom. The van der Waals surface area contributed by atoms with E-state index in [4.69, 9.17) is 4.52 Å². The van der Waals surface area contributed by atoms with Gasteiger partial charge in [-0.05, 0) is 25.7 Å². The lowest BCUT2D eigenvalue weighted by atomic mass is 9.99. The van der Waals surface area contributed by atoms with Gasteiger partial charge in [-0.25, -0.2) is 9.98 Å². The number of nitrogens with zero attached hydrogens (tertiary/aromatic N) is 4. The van der Waals surface area contributed by atoms with Crippen LogP contribution in [0.5, 0.6) is 0 Å². The van der Waals surface area contributed by atoms with Crippen molar-refractivity contribution in [3.05, 3.63) is 35.7 Å². The second kappa shape index (κ2) is 12.8. The monoisotopic (exact) mass is 502 g/mol. The fourth-order valence-corrected chi connectivity index (χ4v) is 3.03. The first-order valence-electron chi connectivity index (χ1n) is 10.0. The summed E-state index contributed by atoms with van der Waals surface area (Å²) in [6.45, 7) is 13.6. The second-order valence-electron chi connectivity index (χ2n) is 7.17. The van der Waals surface area contributed by atoms with E-state index in [-0.39, 0.29) is 24.0 Å². The van der Waals surface area contributed by atoms with Gasteiger partial charge in [0.15, 0.2) is 11.7 Å². The van der Waals surface area contributed by atoms with Crippen LogP contribution >= 0.6 is 24.0 Å². The van der Waals surface area contributed by atoms with E-state index < -0.39 is 0 Å². The van der Waals surface area contributed by atoms with Crippen LogP contribution in [-0.4, -0.2) is 27.2 Å². The molecule has 2 heterocycles. The highest BCUT2D eigenvalue weighted by molar-refractivity contribution is 14.0. The van der Waals surface area contributed by atoms with Crippen molar-refractivity contribution in [2.24, 2.45) is 10.9 Å². The standard InChI is InChI=1S/C20H34N6O.HI/c1-6-16(7-2)18-11-17(27-25-18)12-23-20(21-8-3)24-13-19-22-9-10-26(19)14-15(4)5;/h9-11,15-16H,6-8,12-14H2,1-5H3,(H2,21,23,24);1H. The molecule has 0 aliphatic carbocycles. The molecule has 0 spiro atoms. The van der Waals surface area contributed by atoms with E-state index in [1.165, 1.54) is 0 Å². The number of hydrogen-bond donors (Lipinski definition) is 2. The molecule has 0 unspecified atom stereocenters. The first-order valence-corrected chi connectivity index (χ1v) is 10.0. The van der Waals surface area contributed by atoms with E-state index in [0.29, 0.717) is 24.9 Å². The number of halogens is 1. The molecule has 0 saturated carbocycles. The molecule has 28 heavy (non-hydrogen) atoms. The van der Waals surface area contributed by atoms with Gasteiger partial charge in [0.2, 0.25) is 0 Å². The third-order valence-corrected chi connectivity index (χ3v) is 4.50. The van der Waals surface area contributed by atoms with Crippen LogP contribution in [0.3, 0.4) is 0 Å². The van der Waals surface area contributed by atoms with Crippen molar-refractivity contribution in [2.75, 3.05) is 6.54 Å². The van der Waals surface area contributed by atoms with Gasteiger partial charge in [0, 0.05) is 37.5 Å². The first kappa shape index (κ1) is 24.5. The van der Waals surface area contributed by atoms with Gasteiger partial charge in [0.05, 0.1) is 12.2 Å². The third kappa shape index (κ3) is 7.44. The molecule has 0 atom stereocenters. The Morgan fingerprint density at radius 2 is 1.96 bits per heavy atom. The summed E-state index contributed by atoms with van der Waals surface area (Å²) in [5.41, 5.74) is 1.04. The average molecular weight is 502 g/mol. The summed E-state index contributed by atoms with van der Waals surface area (Å²) in [5.74, 6) is 3.57. The molecule has 2 aromatic heterocycles. The zero-order valence-electron chi connectivity index (χ0n) is 17.7. The molecule has 0 aliphatic heterocycles. The molecule has 0 saturated heterocycles. The van der Waals surface area contributed by atoms with Crippen molar-refractivity contribution in [1.82, 2.24) is 25.3 Å². The minimum Gasteiger partial charge on any atom is -0.359 e. The minimum atomic E-state index is 0. The van der Waals surface area contributed by atoms with Crippen LogP contribution in [0.2, 0.25) is 0 Å². The molecule has 2 aromatic rings. The second-order valence-corrected chi connectivity index (χ2v) is 7.17. The zero-order valence-corrected chi connectivity index (χ0v) is 20.1. The van der Waals surface area contributed by atoms with Crippen LogP contribution in [0, 0.1) is 5.92 Å². The van der Waals surface area contributed by atoms with Crippen molar-refractivity contribution in [1.29, 1.82) is 0 Å². The summed E-state index contributed by atoms with van der Waals surface area (Å²) in [6, 6.07) is 2.05. The van der Waals surface area contributed by atoms with Crippen molar-refractivity contribution in [3.8, 4) is 0 Å². The maximum atomic E-state index is 5.48. The Hall–Kier alpha value is -1.58. The van der Waals surface area contributed by atoms with Crippen LogP contribution in [0.25, 0.3) is 0 Å². The summed E-state index contributed by atoms with van der Waals surface area (Å²) in [4.78, 5) is 9.10. The van der Waals surface area contributed by atoms with Gasteiger partial charge in [-0.2, -0.15) is 0 Å². The molecule has 0 fully saturated rings. The molecular weight excluding hydrogens is 467 g/mol. The Labute approximate surface area is 185 Å². The predicted octanol–water partition coefficient (Wildman–Crippen LogP) is 4.30. The summed E-state index contributed by atoms with van der Waals surface area (Å²) in [6.07, 6.45) is 5.99. The summed E-state index contributed by atoms with van der Waals surface area (Å²) >= 11 is 0. The maximum Gasteiger partial charge on any atom is 0.192 e. The van der Waals surface area contributed by atoms with Gasteiger partial charge >= 0.3 is 0 Å². The van der Waals surface area contributed by atoms with E-state index in [1.807, 2.05) is 18.5 Å². The molecule has 158 valence electrons. The van der Waals surface area contributed by atoms with Crippen molar-refractivity contribution in [3.63, 3.8) is 0 Å². The number of imidazole rings is 1. The van der Waals surface area contributed by atoms with E-state index in [1.54, 1.807) is 0 Å². The lowest BCUT2D eigenvalue weighted by Gasteiger charge is -2.11. The van der Waals surface area contributed by atoms with Crippen LogP contribution in [0.4, 0.5) is 0 Å². The maximum absolute atomic E-state index is 5.48. The fourth-order valence-electron chi connectivity index (χ4n) is 3.03. The van der Waals surface area contributed by atoms with Crippen molar-refractivity contribution in [2.45, 2.75) is 73.0 Å². The van der Waals surface area contributed by atoms with Gasteiger partial charge in [-0.3, -0.25) is 0 Å². The lowest BCUT2D eigenvalue weighted by Crippen LogP contribution is -2.36. The molecule has 2 rings (SSSR count). The van der Waals surface area contributed by atoms with E-state index in [2.05, 4.69) is 65.0 Å². The molecule has 2 N–H and O–H groups in total. The Morgan fingerprint density at radius 3 is 2.61 bits per heavy atom. The van der Waals surface area contributed by atoms with E-state index in [9.17, 15) is 0 Å². The molecule has 0 amide bonds. The van der Waals surface area contributed by atoms with Crippen molar-refractivity contribution < 1.29 is 4.52 Å². The summed E-state index contributed by atoms with van der Waals surface area (Å²) in [7, 11) is 0. The number of guanidine groups is 1. The first-order chi connectivity index (χ1) is 13.1. The van der Waals surface area contributed by atoms with E-state index in [0.717, 1.165) is 49.2 Å². The molecule has 8 heteroatoms. The zero-order chi connectivity index (χ0) is 19.6. The number of hydrogen-bond acceptors (Lipinski definition) is 4. The fraction of sp³-hybridized carbons (Fsp3) is 0.650. The third-order valence-electron chi connectivity index (χ3n) is 4.50. The highest BCUT2D eigenvalue weighted by Gasteiger charge is 2.13. The van der Waals surface area contributed by atoms with Gasteiger partial charge in [0.1, 0.15) is 12.4 Å². The SMILES string of the molecule is CCNC(=NCc1nccn1CC(C)C)NCc1cc(C(CC)CC)no1.I. The largest absolute Gasteiger partial charge is 0.359 e. The molecule has 0 radical (unpaired) electrons. The molecule has 7 nitrogen and oxygen atoms in total. The number of aliphatic imine (C=N–C) groups is 1. The van der Waals surface area contributed by atoms with Crippen LogP contribution in [0.15, 0.2) is 28.0 Å². The quantitative estimate of drug-likeness (QED) is 0.288. The number of nitrogens with one attached hydrogen (secondary N) is 2. The summed E-state index contributed by atoms with van der Waals surface area (Å²) in [5, 5.41) is 10.8. The highest BCUT2D eigenvalue weighted by atomic mass is 127. The Balaban J connectivity index is 0.00000392. The normalized spacial score (nSPS) is 11.8. The predicted molar refractivity (Wildman–Crippen MR) is 124 cm³/mol. The average Bonchev–Trinajstić information content (AvgIpc) is 3.28. The Kier molecular flexibility index (Phi) is 11.2. The van der Waals surface area contributed by atoms with Gasteiger partial charge in [0.25, 0.3) is 0 Å². The molecule has 0 bridgehead atoms. The van der Waals surface area contributed by atoms with Gasteiger partial charge in [-0.15, -0.1) is 24.0 Å². The van der Waals surface area contributed by atoms with Gasteiger partial charge in [-0.1, -0.05) is 32.9 Å². The smallest absolute Gasteiger partial charge is 0.192 e. The molecular formula is C20H35IN6O. The number of rotatable bonds is 10. The van der Waals surface area contributed by atoms with Crippen LogP contribution in [0.1, 0.15) is 70.7 Å². The minimum absolute atomic E-state index is 0. The lowest BCUT2D eigenvalue weighted by molar-refractivity contribution is 0.368. The summed E-state index contributed by atoms with van der Waals surface area (Å²) < 4.78 is 7.64. The highest BCUT2D eigenvalue weighted by Crippen LogP contribution is 2.22. The van der Waals surface area contributed by atoms with Crippen LogP contribution in [-0.2, 0) is 19.6 Å². The van der Waals surface area contributed by atoms with Gasteiger partial charge < -0.3 is 19.7 Å². The van der Waals surface area contributed by atoms with Crippen LogP contribution < -0.4 is 10.6 Å².